The summed E-state index contributed by atoms with van der Waals surface area (Å²) in [5, 5.41) is 0. The van der Waals surface area contributed by atoms with Gasteiger partial charge in [-0.2, -0.15) is 0 Å². The summed E-state index contributed by atoms with van der Waals surface area (Å²) in [4.78, 5) is 0. The largest absolute Gasteiger partial charge is 0.381 e. The summed E-state index contributed by atoms with van der Waals surface area (Å²) in [6.07, 6.45) is 2.96. The molecule has 14 heavy (non-hydrogen) atoms. The van der Waals surface area contributed by atoms with Crippen molar-refractivity contribution >= 4 is 0 Å². The molecule has 0 saturated carbocycles. The molecule has 0 saturated heterocycles. The zero-order valence-corrected chi connectivity index (χ0v) is 9.75. The Morgan fingerprint density at radius 1 is 0.929 bits per heavy atom. The molecular weight excluding hydrogens is 180 g/mol. The topological polar surface area (TPSA) is 27.7 Å². The van der Waals surface area contributed by atoms with Gasteiger partial charge in [0, 0.05) is 32.8 Å². The van der Waals surface area contributed by atoms with Crippen molar-refractivity contribution in [2.24, 2.45) is 0 Å². The third-order valence-electron chi connectivity index (χ3n) is 1.78. The van der Waals surface area contributed by atoms with Crippen LogP contribution in [0.2, 0.25) is 0 Å². The SMILES string of the molecule is CCCOCCCC(OCC)OCC. The highest BCUT2D eigenvalue weighted by Gasteiger charge is 2.06. The highest BCUT2D eigenvalue weighted by atomic mass is 16.7. The van der Waals surface area contributed by atoms with Crippen LogP contribution in [0, 0.1) is 0 Å². The lowest BCUT2D eigenvalue weighted by atomic mass is 10.3. The fourth-order valence-corrected chi connectivity index (χ4v) is 1.19. The van der Waals surface area contributed by atoms with Crippen LogP contribution in [0.5, 0.6) is 0 Å². The number of hydrogen-bond donors (Lipinski definition) is 0. The summed E-state index contributed by atoms with van der Waals surface area (Å²) in [7, 11) is 0. The number of rotatable bonds is 10. The number of ether oxygens (including phenoxy) is 3. The van der Waals surface area contributed by atoms with Crippen LogP contribution in [0.25, 0.3) is 0 Å². The van der Waals surface area contributed by atoms with Gasteiger partial charge in [-0.25, -0.2) is 0 Å². The van der Waals surface area contributed by atoms with E-state index >= 15 is 0 Å². The number of hydrogen-bond acceptors (Lipinski definition) is 3. The van der Waals surface area contributed by atoms with Crippen LogP contribution >= 0.6 is 0 Å². The standard InChI is InChI=1S/C11H24O3/c1-4-9-12-10-7-8-11(13-5-2)14-6-3/h11H,4-10H2,1-3H3. The van der Waals surface area contributed by atoms with Gasteiger partial charge >= 0.3 is 0 Å². The molecule has 0 aliphatic carbocycles. The zero-order chi connectivity index (χ0) is 10.6. The Kier molecular flexibility index (Phi) is 10.9. The van der Waals surface area contributed by atoms with E-state index in [0.717, 1.165) is 32.5 Å². The zero-order valence-electron chi connectivity index (χ0n) is 9.75. The molecule has 0 aliphatic rings. The minimum Gasteiger partial charge on any atom is -0.381 e. The Bertz CT molecular complexity index is 101. The molecule has 0 radical (unpaired) electrons. The van der Waals surface area contributed by atoms with Crippen LogP contribution in [-0.2, 0) is 14.2 Å². The van der Waals surface area contributed by atoms with Crippen molar-refractivity contribution in [1.82, 2.24) is 0 Å². The van der Waals surface area contributed by atoms with Gasteiger partial charge in [0.25, 0.3) is 0 Å². The van der Waals surface area contributed by atoms with Crippen molar-refractivity contribution in [1.29, 1.82) is 0 Å². The maximum Gasteiger partial charge on any atom is 0.157 e. The Morgan fingerprint density at radius 2 is 1.57 bits per heavy atom. The average Bonchev–Trinajstić information content (AvgIpc) is 2.18. The molecule has 0 aromatic rings. The lowest BCUT2D eigenvalue weighted by molar-refractivity contribution is -0.141. The lowest BCUT2D eigenvalue weighted by Gasteiger charge is -2.16. The Labute approximate surface area is 87.7 Å². The van der Waals surface area contributed by atoms with Crippen molar-refractivity contribution in [3.05, 3.63) is 0 Å². The molecule has 0 bridgehead atoms. The van der Waals surface area contributed by atoms with Crippen LogP contribution in [0.3, 0.4) is 0 Å². The average molecular weight is 204 g/mol. The summed E-state index contributed by atoms with van der Waals surface area (Å²) in [5.41, 5.74) is 0. The van der Waals surface area contributed by atoms with Crippen LogP contribution < -0.4 is 0 Å². The third kappa shape index (κ3) is 8.48. The molecule has 0 spiro atoms. The second-order valence-corrected chi connectivity index (χ2v) is 3.09. The molecule has 0 rings (SSSR count). The predicted molar refractivity (Wildman–Crippen MR) is 57.4 cm³/mol. The highest BCUT2D eigenvalue weighted by molar-refractivity contribution is 4.46. The smallest absolute Gasteiger partial charge is 0.157 e. The van der Waals surface area contributed by atoms with Crippen molar-refractivity contribution in [2.75, 3.05) is 26.4 Å². The van der Waals surface area contributed by atoms with Gasteiger partial charge in [0.2, 0.25) is 0 Å². The van der Waals surface area contributed by atoms with Gasteiger partial charge in [-0.15, -0.1) is 0 Å². The Hall–Kier alpha value is -0.120. The Balaban J connectivity index is 3.30. The van der Waals surface area contributed by atoms with E-state index < -0.39 is 0 Å². The lowest BCUT2D eigenvalue weighted by Crippen LogP contribution is -2.17. The van der Waals surface area contributed by atoms with Crippen molar-refractivity contribution in [2.45, 2.75) is 46.3 Å². The minimum absolute atomic E-state index is 0.0461. The first kappa shape index (κ1) is 13.9. The van der Waals surface area contributed by atoms with E-state index in [4.69, 9.17) is 14.2 Å². The van der Waals surface area contributed by atoms with Gasteiger partial charge in [0.05, 0.1) is 0 Å². The van der Waals surface area contributed by atoms with Crippen LogP contribution in [0.15, 0.2) is 0 Å². The second-order valence-electron chi connectivity index (χ2n) is 3.09. The molecule has 0 aliphatic heterocycles. The fourth-order valence-electron chi connectivity index (χ4n) is 1.19. The van der Waals surface area contributed by atoms with Crippen molar-refractivity contribution < 1.29 is 14.2 Å². The first-order chi connectivity index (χ1) is 6.85. The van der Waals surface area contributed by atoms with Gasteiger partial charge in [-0.3, -0.25) is 0 Å². The molecule has 0 atom stereocenters. The summed E-state index contributed by atoms with van der Waals surface area (Å²) in [6, 6.07) is 0. The second kappa shape index (κ2) is 11.0. The fraction of sp³-hybridized carbons (Fsp3) is 1.00. The molecular formula is C11H24O3. The van der Waals surface area contributed by atoms with Gasteiger partial charge in [0.15, 0.2) is 6.29 Å². The maximum atomic E-state index is 5.41. The molecule has 3 nitrogen and oxygen atoms in total. The normalized spacial score (nSPS) is 11.1. The molecule has 0 heterocycles. The van der Waals surface area contributed by atoms with E-state index in [9.17, 15) is 0 Å². The monoisotopic (exact) mass is 204 g/mol. The molecule has 0 fully saturated rings. The van der Waals surface area contributed by atoms with E-state index in [1.54, 1.807) is 0 Å². The van der Waals surface area contributed by atoms with E-state index in [2.05, 4.69) is 6.92 Å². The van der Waals surface area contributed by atoms with E-state index in [1.807, 2.05) is 13.8 Å². The van der Waals surface area contributed by atoms with Crippen molar-refractivity contribution in [3.63, 3.8) is 0 Å². The van der Waals surface area contributed by atoms with E-state index in [1.165, 1.54) is 0 Å². The summed E-state index contributed by atoms with van der Waals surface area (Å²) in [5.74, 6) is 0. The molecule has 0 N–H and O–H groups in total. The highest BCUT2D eigenvalue weighted by Crippen LogP contribution is 2.04. The van der Waals surface area contributed by atoms with E-state index in [-0.39, 0.29) is 6.29 Å². The summed E-state index contributed by atoms with van der Waals surface area (Å²) >= 11 is 0. The molecule has 86 valence electrons. The van der Waals surface area contributed by atoms with Crippen molar-refractivity contribution in [3.8, 4) is 0 Å². The van der Waals surface area contributed by atoms with Gasteiger partial charge in [-0.05, 0) is 26.7 Å². The van der Waals surface area contributed by atoms with E-state index in [0.29, 0.717) is 13.2 Å². The molecule has 0 aromatic carbocycles. The first-order valence-corrected chi connectivity index (χ1v) is 5.66. The summed E-state index contributed by atoms with van der Waals surface area (Å²) < 4.78 is 16.2. The first-order valence-electron chi connectivity index (χ1n) is 5.66. The van der Waals surface area contributed by atoms with Crippen LogP contribution in [0.1, 0.15) is 40.0 Å². The maximum absolute atomic E-state index is 5.41. The van der Waals surface area contributed by atoms with Crippen LogP contribution in [0.4, 0.5) is 0 Å². The third-order valence-corrected chi connectivity index (χ3v) is 1.78. The molecule has 3 heteroatoms. The van der Waals surface area contributed by atoms with Gasteiger partial charge in [0.1, 0.15) is 0 Å². The molecule has 0 unspecified atom stereocenters. The Morgan fingerprint density at radius 3 is 2.07 bits per heavy atom. The molecule has 0 amide bonds. The van der Waals surface area contributed by atoms with Gasteiger partial charge < -0.3 is 14.2 Å². The predicted octanol–water partition coefficient (Wildman–Crippen LogP) is 2.59. The minimum atomic E-state index is -0.0461. The van der Waals surface area contributed by atoms with Gasteiger partial charge in [-0.1, -0.05) is 6.92 Å². The quantitative estimate of drug-likeness (QED) is 0.404. The van der Waals surface area contributed by atoms with Crippen LogP contribution in [-0.4, -0.2) is 32.7 Å². The molecule has 0 aromatic heterocycles. The summed E-state index contributed by atoms with van der Waals surface area (Å²) in [6.45, 7) is 9.17.